The molecule has 1 unspecified atom stereocenters. The first kappa shape index (κ1) is 14.2. The van der Waals surface area contributed by atoms with Crippen molar-refractivity contribution in [1.82, 2.24) is 19.9 Å². The number of nitrogens with zero attached hydrogens (tertiary/aromatic N) is 3. The highest BCUT2D eigenvalue weighted by Gasteiger charge is 2.24. The summed E-state index contributed by atoms with van der Waals surface area (Å²) in [7, 11) is 0. The second-order valence-electron chi connectivity index (χ2n) is 4.91. The van der Waals surface area contributed by atoms with Crippen LogP contribution in [0.25, 0.3) is 11.0 Å². The molecule has 3 rings (SSSR count). The van der Waals surface area contributed by atoms with Gasteiger partial charge in [0, 0.05) is 25.3 Å². The Bertz CT molecular complexity index is 690. The van der Waals surface area contributed by atoms with E-state index in [9.17, 15) is 4.79 Å². The smallest absolute Gasteiger partial charge is 0.407 e. The minimum absolute atomic E-state index is 0.0324. The summed E-state index contributed by atoms with van der Waals surface area (Å²) in [6.07, 6.45) is 2.36. The molecule has 2 aromatic heterocycles. The van der Waals surface area contributed by atoms with Gasteiger partial charge < -0.3 is 20.3 Å². The van der Waals surface area contributed by atoms with E-state index in [1.807, 2.05) is 0 Å². The van der Waals surface area contributed by atoms with Gasteiger partial charge in [0.15, 0.2) is 0 Å². The monoisotopic (exact) mass is 329 g/mol. The van der Waals surface area contributed by atoms with E-state index in [0.29, 0.717) is 35.0 Å². The van der Waals surface area contributed by atoms with Crippen molar-refractivity contribution in [1.29, 1.82) is 0 Å². The molecule has 0 saturated carbocycles. The Kier molecular flexibility index (Phi) is 3.77. The van der Waals surface area contributed by atoms with E-state index in [4.69, 9.17) is 28.3 Å². The molecule has 2 aromatic rings. The summed E-state index contributed by atoms with van der Waals surface area (Å²) in [5.74, 6) is 0.522. The molecule has 1 amide bonds. The largest absolute Gasteiger partial charge is 0.465 e. The zero-order valence-corrected chi connectivity index (χ0v) is 12.4. The topological polar surface area (TPSA) is 94.1 Å². The lowest BCUT2D eigenvalue weighted by Crippen LogP contribution is -2.44. The number of halogens is 2. The summed E-state index contributed by atoms with van der Waals surface area (Å²) < 4.78 is 0. The second kappa shape index (κ2) is 5.57. The normalized spacial score (nSPS) is 19.0. The summed E-state index contributed by atoms with van der Waals surface area (Å²) in [4.78, 5) is 23.6. The number of amides is 1. The van der Waals surface area contributed by atoms with Gasteiger partial charge >= 0.3 is 6.09 Å². The lowest BCUT2D eigenvalue weighted by atomic mass is 10.1. The minimum Gasteiger partial charge on any atom is -0.465 e. The number of fused-ring (bicyclic) bond motifs is 1. The van der Waals surface area contributed by atoms with E-state index in [0.717, 1.165) is 12.8 Å². The fourth-order valence-electron chi connectivity index (χ4n) is 2.53. The average molecular weight is 330 g/mol. The van der Waals surface area contributed by atoms with Crippen LogP contribution in [0.15, 0.2) is 6.20 Å². The molecule has 3 N–H and O–H groups in total. The first-order valence-corrected chi connectivity index (χ1v) is 7.24. The van der Waals surface area contributed by atoms with Gasteiger partial charge in [-0.3, -0.25) is 0 Å². The molecule has 1 atom stereocenters. The molecule has 0 bridgehead atoms. The van der Waals surface area contributed by atoms with Gasteiger partial charge in [-0.15, -0.1) is 0 Å². The highest BCUT2D eigenvalue weighted by molar-refractivity contribution is 6.36. The maximum absolute atomic E-state index is 11.1. The zero-order valence-electron chi connectivity index (χ0n) is 10.9. The number of anilines is 1. The number of nitrogens with one attached hydrogen (secondary N) is 2. The molecule has 1 aliphatic heterocycles. The fourth-order valence-corrected chi connectivity index (χ4v) is 2.94. The standard InChI is InChI=1S/C12H13Cl2N5O2/c13-7-4-15-9-8(7)10(18-11(14)17-9)16-6-2-1-3-19(5-6)12(20)21/h4,6H,1-3,5H2,(H,20,21)(H2,15,16,17,18). The van der Waals surface area contributed by atoms with E-state index in [2.05, 4.69) is 20.3 Å². The van der Waals surface area contributed by atoms with Crippen LogP contribution < -0.4 is 5.32 Å². The number of piperidine rings is 1. The van der Waals surface area contributed by atoms with Crippen LogP contribution in [-0.4, -0.2) is 50.2 Å². The van der Waals surface area contributed by atoms with Gasteiger partial charge in [0.2, 0.25) is 5.28 Å². The van der Waals surface area contributed by atoms with E-state index in [1.54, 1.807) is 6.20 Å². The third-order valence-corrected chi connectivity index (χ3v) is 3.96. The molecule has 0 radical (unpaired) electrons. The van der Waals surface area contributed by atoms with Crippen LogP contribution in [0.1, 0.15) is 12.8 Å². The van der Waals surface area contributed by atoms with Crippen LogP contribution in [-0.2, 0) is 0 Å². The van der Waals surface area contributed by atoms with Gasteiger partial charge in [0.05, 0.1) is 10.4 Å². The van der Waals surface area contributed by atoms with Crippen molar-refractivity contribution < 1.29 is 9.90 Å². The summed E-state index contributed by atoms with van der Waals surface area (Å²) >= 11 is 12.0. The highest BCUT2D eigenvalue weighted by atomic mass is 35.5. The van der Waals surface area contributed by atoms with E-state index in [-0.39, 0.29) is 11.3 Å². The molecule has 3 heterocycles. The predicted octanol–water partition coefficient (Wildman–Crippen LogP) is 2.82. The molecule has 112 valence electrons. The Balaban J connectivity index is 1.87. The lowest BCUT2D eigenvalue weighted by molar-refractivity contribution is 0.133. The van der Waals surface area contributed by atoms with Crippen molar-refractivity contribution >= 4 is 46.1 Å². The van der Waals surface area contributed by atoms with Crippen molar-refractivity contribution in [2.45, 2.75) is 18.9 Å². The summed E-state index contributed by atoms with van der Waals surface area (Å²) in [6, 6.07) is -0.0324. The summed E-state index contributed by atoms with van der Waals surface area (Å²) in [5.41, 5.74) is 0.549. The van der Waals surface area contributed by atoms with E-state index in [1.165, 1.54) is 4.90 Å². The Morgan fingerprint density at radius 2 is 2.29 bits per heavy atom. The number of H-pyrrole nitrogens is 1. The van der Waals surface area contributed by atoms with Crippen molar-refractivity contribution in [3.63, 3.8) is 0 Å². The van der Waals surface area contributed by atoms with Crippen LogP contribution in [0, 0.1) is 0 Å². The molecule has 1 saturated heterocycles. The van der Waals surface area contributed by atoms with Crippen LogP contribution in [0.4, 0.5) is 10.6 Å². The molecule has 0 aromatic carbocycles. The Morgan fingerprint density at radius 1 is 1.48 bits per heavy atom. The van der Waals surface area contributed by atoms with Crippen LogP contribution in [0.3, 0.4) is 0 Å². The number of likely N-dealkylation sites (tertiary alicyclic amines) is 1. The Labute approximate surface area is 130 Å². The van der Waals surface area contributed by atoms with Gasteiger partial charge in [0.25, 0.3) is 0 Å². The first-order valence-electron chi connectivity index (χ1n) is 6.49. The second-order valence-corrected chi connectivity index (χ2v) is 5.66. The van der Waals surface area contributed by atoms with E-state index < -0.39 is 6.09 Å². The number of aromatic nitrogens is 3. The molecule has 21 heavy (non-hydrogen) atoms. The van der Waals surface area contributed by atoms with Crippen molar-refractivity contribution in [3.8, 4) is 0 Å². The third-order valence-electron chi connectivity index (χ3n) is 3.49. The van der Waals surface area contributed by atoms with Gasteiger partial charge in [-0.2, -0.15) is 9.97 Å². The molecule has 1 fully saturated rings. The summed E-state index contributed by atoms with van der Waals surface area (Å²) in [6.45, 7) is 0.957. The van der Waals surface area contributed by atoms with Gasteiger partial charge in [-0.1, -0.05) is 11.6 Å². The number of carbonyl (C=O) groups is 1. The average Bonchev–Trinajstić information content (AvgIpc) is 2.80. The molecule has 0 aliphatic carbocycles. The van der Waals surface area contributed by atoms with Crippen LogP contribution in [0.2, 0.25) is 10.3 Å². The van der Waals surface area contributed by atoms with Crippen LogP contribution in [0.5, 0.6) is 0 Å². The number of hydrogen-bond donors (Lipinski definition) is 3. The predicted molar refractivity (Wildman–Crippen MR) is 80.2 cm³/mol. The quantitative estimate of drug-likeness (QED) is 0.736. The molecule has 1 aliphatic rings. The maximum Gasteiger partial charge on any atom is 0.407 e. The minimum atomic E-state index is -0.910. The molecular weight excluding hydrogens is 317 g/mol. The number of carboxylic acid groups (broad SMARTS) is 1. The van der Waals surface area contributed by atoms with Gasteiger partial charge in [-0.05, 0) is 24.4 Å². The number of aromatic amines is 1. The van der Waals surface area contributed by atoms with Gasteiger partial charge in [0.1, 0.15) is 11.5 Å². The van der Waals surface area contributed by atoms with Crippen molar-refractivity contribution in [2.75, 3.05) is 18.4 Å². The van der Waals surface area contributed by atoms with Crippen LogP contribution >= 0.6 is 23.2 Å². The van der Waals surface area contributed by atoms with Crippen molar-refractivity contribution in [3.05, 3.63) is 16.5 Å². The number of hydrogen-bond acceptors (Lipinski definition) is 4. The SMILES string of the molecule is O=C(O)N1CCCC(Nc2nc(Cl)nc3[nH]cc(Cl)c23)C1. The summed E-state index contributed by atoms with van der Waals surface area (Å²) in [5, 5.41) is 13.6. The third kappa shape index (κ3) is 2.84. The Hall–Kier alpha value is -1.73. The highest BCUT2D eigenvalue weighted by Crippen LogP contribution is 2.30. The zero-order chi connectivity index (χ0) is 15.0. The first-order chi connectivity index (χ1) is 10.0. The molecular formula is C12H13Cl2N5O2. The molecule has 9 heteroatoms. The number of rotatable bonds is 2. The maximum atomic E-state index is 11.1. The lowest BCUT2D eigenvalue weighted by Gasteiger charge is -2.31. The van der Waals surface area contributed by atoms with Crippen molar-refractivity contribution in [2.24, 2.45) is 0 Å². The molecule has 0 spiro atoms. The Morgan fingerprint density at radius 3 is 3.05 bits per heavy atom. The molecule has 7 nitrogen and oxygen atoms in total. The van der Waals surface area contributed by atoms with Gasteiger partial charge in [-0.25, -0.2) is 4.79 Å². The van der Waals surface area contributed by atoms with E-state index >= 15 is 0 Å². The fraction of sp³-hybridized carbons (Fsp3) is 0.417.